The highest BCUT2D eigenvalue weighted by molar-refractivity contribution is 5.90. The van der Waals surface area contributed by atoms with Gasteiger partial charge in [-0.1, -0.05) is 27.7 Å². The summed E-state index contributed by atoms with van der Waals surface area (Å²) in [5.41, 5.74) is -0.850. The highest BCUT2D eigenvalue weighted by Gasteiger charge is 2.53. The van der Waals surface area contributed by atoms with E-state index in [1.165, 1.54) is 0 Å². The van der Waals surface area contributed by atoms with E-state index < -0.39 is 5.41 Å². The molecule has 3 aliphatic rings. The lowest BCUT2D eigenvalue weighted by atomic mass is 9.64. The van der Waals surface area contributed by atoms with Gasteiger partial charge in [-0.05, 0) is 25.8 Å². The smallest absolute Gasteiger partial charge is 0.228 e. The summed E-state index contributed by atoms with van der Waals surface area (Å²) in [5.74, 6) is -0.0583. The molecule has 5 atom stereocenters. The van der Waals surface area contributed by atoms with Gasteiger partial charge >= 0.3 is 0 Å². The summed E-state index contributed by atoms with van der Waals surface area (Å²) in [4.78, 5) is 26.0. The van der Waals surface area contributed by atoms with Crippen molar-refractivity contribution in [2.45, 2.75) is 77.7 Å². The first-order valence-electron chi connectivity index (χ1n) is 10.4. The molecule has 160 valence electrons. The SMILES string of the molecule is COC1CC(NC(=O)CC2(C(=O)NC3CC(OC)C3(C)C)CCNC2)C1(C)C. The fourth-order valence-corrected chi connectivity index (χ4v) is 5.09. The van der Waals surface area contributed by atoms with Crippen LogP contribution in [0, 0.1) is 16.2 Å². The minimum Gasteiger partial charge on any atom is -0.381 e. The molecule has 0 aromatic rings. The molecule has 2 saturated carbocycles. The number of amides is 2. The molecule has 7 heteroatoms. The van der Waals surface area contributed by atoms with Crippen LogP contribution in [0.5, 0.6) is 0 Å². The van der Waals surface area contributed by atoms with Gasteiger partial charge in [0.05, 0.1) is 17.6 Å². The number of hydrogen-bond donors (Lipinski definition) is 3. The quantitative estimate of drug-likeness (QED) is 0.603. The average molecular weight is 396 g/mol. The van der Waals surface area contributed by atoms with Gasteiger partial charge in [-0.15, -0.1) is 0 Å². The number of carbonyl (C=O) groups is 2. The molecule has 2 aliphatic carbocycles. The molecule has 1 heterocycles. The minimum absolute atomic E-state index is 0.0112. The normalized spacial score (nSPS) is 38.2. The van der Waals surface area contributed by atoms with Gasteiger partial charge in [0.25, 0.3) is 0 Å². The Bertz CT molecular complexity index is 613. The highest BCUT2D eigenvalue weighted by Crippen LogP contribution is 2.44. The standard InChI is InChI=1S/C21H37N3O4/c1-19(2)13(9-15(19)27-5)23-17(25)11-21(7-8-22-12-21)18(26)24-14-10-16(28-6)20(14,3)4/h13-16,22H,7-12H2,1-6H3,(H,23,25)(H,24,26). The lowest BCUT2D eigenvalue weighted by molar-refractivity contribution is -0.146. The van der Waals surface area contributed by atoms with Crippen LogP contribution < -0.4 is 16.0 Å². The third-order valence-electron chi connectivity index (χ3n) is 7.79. The summed E-state index contributed by atoms with van der Waals surface area (Å²) in [6, 6.07) is 0.172. The number of rotatable bonds is 7. The Kier molecular flexibility index (Phi) is 5.82. The summed E-state index contributed by atoms with van der Waals surface area (Å²) in [6.07, 6.45) is 2.87. The molecule has 3 N–H and O–H groups in total. The van der Waals surface area contributed by atoms with Crippen molar-refractivity contribution in [1.82, 2.24) is 16.0 Å². The van der Waals surface area contributed by atoms with Gasteiger partial charge in [0.2, 0.25) is 11.8 Å². The van der Waals surface area contributed by atoms with Crippen LogP contribution in [0.1, 0.15) is 53.4 Å². The van der Waals surface area contributed by atoms with Gasteiger partial charge in [-0.25, -0.2) is 0 Å². The Morgan fingerprint density at radius 3 is 1.93 bits per heavy atom. The van der Waals surface area contributed by atoms with Crippen LogP contribution in [0.4, 0.5) is 0 Å². The molecule has 0 radical (unpaired) electrons. The van der Waals surface area contributed by atoms with E-state index in [-0.39, 0.29) is 53.4 Å². The van der Waals surface area contributed by atoms with E-state index in [1.807, 2.05) is 0 Å². The fourth-order valence-electron chi connectivity index (χ4n) is 5.09. The number of methoxy groups -OCH3 is 2. The fraction of sp³-hybridized carbons (Fsp3) is 0.905. The second kappa shape index (κ2) is 7.58. The first-order valence-corrected chi connectivity index (χ1v) is 10.4. The van der Waals surface area contributed by atoms with Crippen LogP contribution >= 0.6 is 0 Å². The molecule has 7 nitrogen and oxygen atoms in total. The van der Waals surface area contributed by atoms with Crippen LogP contribution in [0.3, 0.4) is 0 Å². The molecule has 2 amide bonds. The molecule has 3 fully saturated rings. The van der Waals surface area contributed by atoms with Gasteiger partial charge in [0.1, 0.15) is 0 Å². The number of nitrogens with one attached hydrogen (secondary N) is 3. The van der Waals surface area contributed by atoms with Crippen LogP contribution in [0.2, 0.25) is 0 Å². The second-order valence-electron chi connectivity index (χ2n) is 10.1. The van der Waals surface area contributed by atoms with E-state index in [0.717, 1.165) is 19.4 Å². The third-order valence-corrected chi connectivity index (χ3v) is 7.79. The van der Waals surface area contributed by atoms with Crippen molar-refractivity contribution in [2.75, 3.05) is 27.3 Å². The van der Waals surface area contributed by atoms with Crippen molar-refractivity contribution < 1.29 is 19.1 Å². The lowest BCUT2D eigenvalue weighted by Gasteiger charge is -2.52. The second-order valence-corrected chi connectivity index (χ2v) is 10.1. The van der Waals surface area contributed by atoms with Crippen molar-refractivity contribution in [2.24, 2.45) is 16.2 Å². The van der Waals surface area contributed by atoms with E-state index in [4.69, 9.17) is 9.47 Å². The Labute approximate surface area is 168 Å². The van der Waals surface area contributed by atoms with E-state index in [2.05, 4.69) is 43.6 Å². The first-order chi connectivity index (χ1) is 13.1. The molecule has 3 rings (SSSR count). The van der Waals surface area contributed by atoms with E-state index in [0.29, 0.717) is 13.0 Å². The van der Waals surface area contributed by atoms with Crippen molar-refractivity contribution in [3.63, 3.8) is 0 Å². The van der Waals surface area contributed by atoms with Crippen molar-refractivity contribution >= 4 is 11.8 Å². The molecule has 0 spiro atoms. The molecular weight excluding hydrogens is 358 g/mol. The summed E-state index contributed by atoms with van der Waals surface area (Å²) in [6.45, 7) is 9.76. The van der Waals surface area contributed by atoms with Crippen LogP contribution in [0.15, 0.2) is 0 Å². The van der Waals surface area contributed by atoms with Gasteiger partial charge in [-0.2, -0.15) is 0 Å². The van der Waals surface area contributed by atoms with E-state index in [1.54, 1.807) is 14.2 Å². The summed E-state index contributed by atoms with van der Waals surface area (Å²) < 4.78 is 11.0. The Morgan fingerprint density at radius 2 is 1.50 bits per heavy atom. The predicted octanol–water partition coefficient (Wildman–Crippen LogP) is 1.22. The van der Waals surface area contributed by atoms with Gasteiger partial charge in [0.15, 0.2) is 0 Å². The predicted molar refractivity (Wildman–Crippen MR) is 107 cm³/mol. The molecule has 1 saturated heterocycles. The monoisotopic (exact) mass is 395 g/mol. The van der Waals surface area contributed by atoms with Gasteiger partial charge < -0.3 is 25.4 Å². The molecule has 28 heavy (non-hydrogen) atoms. The van der Waals surface area contributed by atoms with Crippen LogP contribution in [0.25, 0.3) is 0 Å². The Morgan fingerprint density at radius 1 is 0.964 bits per heavy atom. The summed E-state index contributed by atoms with van der Waals surface area (Å²) in [7, 11) is 3.43. The van der Waals surface area contributed by atoms with Crippen molar-refractivity contribution in [3.8, 4) is 0 Å². The van der Waals surface area contributed by atoms with Crippen molar-refractivity contribution in [3.05, 3.63) is 0 Å². The molecule has 0 bridgehead atoms. The lowest BCUT2D eigenvalue weighted by Crippen LogP contribution is -2.64. The number of hydrogen-bond acceptors (Lipinski definition) is 5. The largest absolute Gasteiger partial charge is 0.381 e. The molecule has 5 unspecified atom stereocenters. The molecular formula is C21H37N3O4. The average Bonchev–Trinajstić information content (AvgIpc) is 3.10. The van der Waals surface area contributed by atoms with Crippen LogP contribution in [-0.2, 0) is 19.1 Å². The topological polar surface area (TPSA) is 88.7 Å². The number of carbonyl (C=O) groups excluding carboxylic acids is 2. The maximum atomic E-state index is 13.2. The molecule has 0 aromatic heterocycles. The van der Waals surface area contributed by atoms with E-state index >= 15 is 0 Å². The first kappa shape index (κ1) is 21.5. The van der Waals surface area contributed by atoms with Crippen molar-refractivity contribution in [1.29, 1.82) is 0 Å². The van der Waals surface area contributed by atoms with E-state index in [9.17, 15) is 9.59 Å². The van der Waals surface area contributed by atoms with Crippen LogP contribution in [-0.4, -0.2) is 63.4 Å². The maximum absolute atomic E-state index is 13.2. The molecule has 0 aromatic carbocycles. The maximum Gasteiger partial charge on any atom is 0.228 e. The summed E-state index contributed by atoms with van der Waals surface area (Å²) in [5, 5.41) is 9.64. The zero-order valence-electron chi connectivity index (χ0n) is 18.2. The summed E-state index contributed by atoms with van der Waals surface area (Å²) >= 11 is 0. The Hall–Kier alpha value is -1.18. The third kappa shape index (κ3) is 3.57. The van der Waals surface area contributed by atoms with Gasteiger partial charge in [-0.3, -0.25) is 9.59 Å². The Balaban J connectivity index is 1.60. The molecule has 1 aliphatic heterocycles. The number of ether oxygens (including phenoxy) is 2. The zero-order valence-corrected chi connectivity index (χ0v) is 18.2. The zero-order chi connectivity index (χ0) is 20.7. The minimum atomic E-state index is -0.674. The van der Waals surface area contributed by atoms with Gasteiger partial charge in [0, 0.05) is 50.1 Å². The highest BCUT2D eigenvalue weighted by atomic mass is 16.5.